The molecule has 0 heterocycles. The second kappa shape index (κ2) is 7.96. The van der Waals surface area contributed by atoms with Crippen molar-refractivity contribution in [2.45, 2.75) is 38.0 Å². The number of rotatable bonds is 7. The molecule has 0 saturated heterocycles. The average Bonchev–Trinajstić information content (AvgIpc) is 2.49. The van der Waals surface area contributed by atoms with Gasteiger partial charge in [0.1, 0.15) is 11.5 Å². The largest absolute Gasteiger partial charge is 0.457 e. The summed E-state index contributed by atoms with van der Waals surface area (Å²) in [6.07, 6.45) is 4.70. The van der Waals surface area contributed by atoms with Crippen LogP contribution in [0, 0.1) is 0 Å². The Morgan fingerprint density at radius 1 is 0.900 bits per heavy atom. The standard InChI is InChI=1S/C18H21ClO/c1-2-3-5-10-18(19)15-11-13-17(14-12-15)20-16-8-6-4-7-9-16/h4,6-9,11-14,18H,2-3,5,10H2,1H3. The molecule has 106 valence electrons. The van der Waals surface area contributed by atoms with E-state index in [0.29, 0.717) is 0 Å². The second-order valence-electron chi connectivity index (χ2n) is 4.95. The van der Waals surface area contributed by atoms with E-state index in [1.165, 1.54) is 24.8 Å². The molecule has 0 amide bonds. The van der Waals surface area contributed by atoms with Crippen LogP contribution in [0.5, 0.6) is 11.5 Å². The summed E-state index contributed by atoms with van der Waals surface area (Å²) in [5.41, 5.74) is 1.17. The van der Waals surface area contributed by atoms with Gasteiger partial charge < -0.3 is 4.74 Å². The minimum atomic E-state index is 0.104. The maximum Gasteiger partial charge on any atom is 0.127 e. The molecule has 0 aromatic heterocycles. The van der Waals surface area contributed by atoms with E-state index in [1.54, 1.807) is 0 Å². The highest BCUT2D eigenvalue weighted by molar-refractivity contribution is 6.20. The smallest absolute Gasteiger partial charge is 0.127 e. The predicted molar refractivity (Wildman–Crippen MR) is 85.7 cm³/mol. The molecule has 0 aliphatic rings. The highest BCUT2D eigenvalue weighted by Gasteiger charge is 2.07. The third kappa shape index (κ3) is 4.57. The van der Waals surface area contributed by atoms with Crippen molar-refractivity contribution in [2.75, 3.05) is 0 Å². The van der Waals surface area contributed by atoms with Crippen LogP contribution in [0.25, 0.3) is 0 Å². The van der Waals surface area contributed by atoms with Crippen LogP contribution in [0.4, 0.5) is 0 Å². The van der Waals surface area contributed by atoms with Crippen LogP contribution < -0.4 is 4.74 Å². The molecule has 0 bridgehead atoms. The molecule has 20 heavy (non-hydrogen) atoms. The highest BCUT2D eigenvalue weighted by Crippen LogP contribution is 2.29. The summed E-state index contributed by atoms with van der Waals surface area (Å²) in [5, 5.41) is 0.104. The van der Waals surface area contributed by atoms with Crippen LogP contribution in [-0.2, 0) is 0 Å². The molecule has 0 aliphatic carbocycles. The molecule has 1 nitrogen and oxygen atoms in total. The predicted octanol–water partition coefficient (Wildman–Crippen LogP) is 6.34. The summed E-state index contributed by atoms with van der Waals surface area (Å²) in [7, 11) is 0. The van der Waals surface area contributed by atoms with Gasteiger partial charge in [-0.3, -0.25) is 0 Å². The van der Waals surface area contributed by atoms with Crippen molar-refractivity contribution < 1.29 is 4.74 Å². The van der Waals surface area contributed by atoms with Gasteiger partial charge >= 0.3 is 0 Å². The van der Waals surface area contributed by atoms with Gasteiger partial charge in [0.05, 0.1) is 5.38 Å². The number of benzene rings is 2. The molecule has 1 unspecified atom stereocenters. The van der Waals surface area contributed by atoms with Crippen molar-refractivity contribution in [3.05, 3.63) is 60.2 Å². The minimum absolute atomic E-state index is 0.104. The normalized spacial score (nSPS) is 12.1. The Hall–Kier alpha value is -1.47. The first-order valence-electron chi connectivity index (χ1n) is 7.26. The van der Waals surface area contributed by atoms with Gasteiger partial charge in [-0.25, -0.2) is 0 Å². The van der Waals surface area contributed by atoms with Crippen molar-refractivity contribution >= 4 is 11.6 Å². The van der Waals surface area contributed by atoms with Gasteiger partial charge in [-0.2, -0.15) is 0 Å². The zero-order valence-corrected chi connectivity index (χ0v) is 12.6. The third-order valence-electron chi connectivity index (χ3n) is 3.28. The lowest BCUT2D eigenvalue weighted by Gasteiger charge is -2.11. The summed E-state index contributed by atoms with van der Waals surface area (Å²) in [5.74, 6) is 1.70. The summed E-state index contributed by atoms with van der Waals surface area (Å²) >= 11 is 6.41. The fourth-order valence-corrected chi connectivity index (χ4v) is 2.41. The summed E-state index contributed by atoms with van der Waals surface area (Å²) in [4.78, 5) is 0. The van der Waals surface area contributed by atoms with E-state index in [-0.39, 0.29) is 5.38 Å². The number of ether oxygens (including phenoxy) is 1. The Balaban J connectivity index is 1.92. The van der Waals surface area contributed by atoms with E-state index < -0.39 is 0 Å². The van der Waals surface area contributed by atoms with Gasteiger partial charge in [-0.1, -0.05) is 56.5 Å². The quantitative estimate of drug-likeness (QED) is 0.427. The molecule has 2 heteroatoms. The molecule has 0 N–H and O–H groups in total. The monoisotopic (exact) mass is 288 g/mol. The number of alkyl halides is 1. The summed E-state index contributed by atoms with van der Waals surface area (Å²) in [6.45, 7) is 2.21. The lowest BCUT2D eigenvalue weighted by molar-refractivity contribution is 0.482. The summed E-state index contributed by atoms with van der Waals surface area (Å²) in [6, 6.07) is 17.9. The number of hydrogen-bond donors (Lipinski definition) is 0. The van der Waals surface area contributed by atoms with Crippen molar-refractivity contribution in [3.63, 3.8) is 0 Å². The summed E-state index contributed by atoms with van der Waals surface area (Å²) < 4.78 is 5.77. The first-order chi connectivity index (χ1) is 9.79. The van der Waals surface area contributed by atoms with Gasteiger partial charge in [0, 0.05) is 0 Å². The molecule has 0 aliphatic heterocycles. The Bertz CT molecular complexity index is 493. The second-order valence-corrected chi connectivity index (χ2v) is 5.47. The van der Waals surface area contributed by atoms with E-state index in [0.717, 1.165) is 17.9 Å². The molecule has 2 aromatic rings. The number of halogens is 1. The molecular formula is C18H21ClO. The van der Waals surface area contributed by atoms with Gasteiger partial charge in [0.25, 0.3) is 0 Å². The number of unbranched alkanes of at least 4 members (excludes halogenated alkanes) is 2. The molecule has 0 saturated carbocycles. The van der Waals surface area contributed by atoms with E-state index >= 15 is 0 Å². The van der Waals surface area contributed by atoms with Crippen LogP contribution in [-0.4, -0.2) is 0 Å². The van der Waals surface area contributed by atoms with Crippen molar-refractivity contribution in [3.8, 4) is 11.5 Å². The Morgan fingerprint density at radius 2 is 1.55 bits per heavy atom. The van der Waals surface area contributed by atoms with E-state index in [1.807, 2.05) is 42.5 Å². The van der Waals surface area contributed by atoms with Gasteiger partial charge in [0.2, 0.25) is 0 Å². The van der Waals surface area contributed by atoms with Crippen LogP contribution in [0.3, 0.4) is 0 Å². The maximum atomic E-state index is 6.41. The highest BCUT2D eigenvalue weighted by atomic mass is 35.5. The molecule has 0 spiro atoms. The molecular weight excluding hydrogens is 268 g/mol. The van der Waals surface area contributed by atoms with Crippen molar-refractivity contribution in [1.29, 1.82) is 0 Å². The topological polar surface area (TPSA) is 9.23 Å². The van der Waals surface area contributed by atoms with Gasteiger partial charge in [-0.05, 0) is 36.2 Å². The third-order valence-corrected chi connectivity index (χ3v) is 3.75. The Labute approximate surface area is 126 Å². The lowest BCUT2D eigenvalue weighted by atomic mass is 10.1. The van der Waals surface area contributed by atoms with Crippen LogP contribution in [0.2, 0.25) is 0 Å². The van der Waals surface area contributed by atoms with E-state index in [2.05, 4.69) is 19.1 Å². The first-order valence-corrected chi connectivity index (χ1v) is 7.70. The van der Waals surface area contributed by atoms with Crippen LogP contribution in [0.1, 0.15) is 43.5 Å². The fraction of sp³-hybridized carbons (Fsp3) is 0.333. The molecule has 1 atom stereocenters. The van der Waals surface area contributed by atoms with Crippen molar-refractivity contribution in [2.24, 2.45) is 0 Å². The van der Waals surface area contributed by atoms with Gasteiger partial charge in [-0.15, -0.1) is 11.6 Å². The molecule has 0 fully saturated rings. The first kappa shape index (κ1) is 14.9. The van der Waals surface area contributed by atoms with Crippen LogP contribution >= 0.6 is 11.6 Å². The molecule has 2 aromatic carbocycles. The lowest BCUT2D eigenvalue weighted by Crippen LogP contribution is -1.91. The zero-order chi connectivity index (χ0) is 14.2. The SMILES string of the molecule is CCCCCC(Cl)c1ccc(Oc2ccccc2)cc1. The van der Waals surface area contributed by atoms with E-state index in [9.17, 15) is 0 Å². The van der Waals surface area contributed by atoms with Gasteiger partial charge in [0.15, 0.2) is 0 Å². The minimum Gasteiger partial charge on any atom is -0.457 e. The number of para-hydroxylation sites is 1. The molecule has 0 radical (unpaired) electrons. The van der Waals surface area contributed by atoms with E-state index in [4.69, 9.17) is 16.3 Å². The zero-order valence-electron chi connectivity index (χ0n) is 11.9. The molecule has 2 rings (SSSR count). The maximum absolute atomic E-state index is 6.41. The number of hydrogen-bond acceptors (Lipinski definition) is 1. The fourth-order valence-electron chi connectivity index (χ4n) is 2.11. The average molecular weight is 289 g/mol. The Kier molecular flexibility index (Phi) is 5.94. The van der Waals surface area contributed by atoms with Crippen molar-refractivity contribution in [1.82, 2.24) is 0 Å². The Morgan fingerprint density at radius 3 is 2.20 bits per heavy atom. The van der Waals surface area contributed by atoms with Crippen LogP contribution in [0.15, 0.2) is 54.6 Å².